The minimum absolute atomic E-state index is 0.213. The number of para-hydroxylation sites is 1. The molecule has 0 radical (unpaired) electrons. The summed E-state index contributed by atoms with van der Waals surface area (Å²) < 4.78 is 1.47. The molecule has 1 aliphatic rings. The fourth-order valence-electron chi connectivity index (χ4n) is 4.47. The summed E-state index contributed by atoms with van der Waals surface area (Å²) in [5, 5.41) is 3.91. The third-order valence-corrected chi connectivity index (χ3v) is 6.56. The van der Waals surface area contributed by atoms with Crippen molar-refractivity contribution in [1.82, 2.24) is 25.3 Å². The Morgan fingerprint density at radius 1 is 0.946 bits per heavy atom. The van der Waals surface area contributed by atoms with Gasteiger partial charge in [0.2, 0.25) is 0 Å². The molecule has 1 aliphatic heterocycles. The van der Waals surface area contributed by atoms with Crippen LogP contribution in [-0.2, 0) is 11.2 Å². The second-order valence-electron chi connectivity index (χ2n) is 9.19. The highest BCUT2D eigenvalue weighted by Gasteiger charge is 2.48. The number of carbonyl (C=O) groups is 3. The van der Waals surface area contributed by atoms with E-state index in [-0.39, 0.29) is 11.1 Å². The Balaban J connectivity index is 1.31. The van der Waals surface area contributed by atoms with E-state index in [2.05, 4.69) is 15.7 Å². The smallest absolute Gasteiger partial charge is 0.322 e. The van der Waals surface area contributed by atoms with Gasteiger partial charge in [0.05, 0.1) is 16.6 Å². The lowest BCUT2D eigenvalue weighted by Crippen LogP contribution is -2.48. The highest BCUT2D eigenvalue weighted by Crippen LogP contribution is 2.22. The van der Waals surface area contributed by atoms with Crippen LogP contribution in [0.3, 0.4) is 0 Å². The lowest BCUT2D eigenvalue weighted by molar-refractivity contribution is -0.132. The largest absolute Gasteiger partial charge is 0.344 e. The van der Waals surface area contributed by atoms with Gasteiger partial charge in [-0.15, -0.1) is 0 Å². The molecule has 4 aromatic rings. The van der Waals surface area contributed by atoms with Gasteiger partial charge < -0.3 is 5.32 Å². The van der Waals surface area contributed by atoms with Crippen molar-refractivity contribution < 1.29 is 14.4 Å². The first kappa shape index (κ1) is 23.9. The fraction of sp³-hybridized carbons (Fsp3) is 0.179. The molecular weight excluding hydrogens is 470 g/mol. The quantitative estimate of drug-likeness (QED) is 0.399. The predicted molar refractivity (Wildman–Crippen MR) is 138 cm³/mol. The summed E-state index contributed by atoms with van der Waals surface area (Å²) in [7, 11) is 0. The van der Waals surface area contributed by atoms with Crippen molar-refractivity contribution in [2.75, 3.05) is 0 Å². The van der Waals surface area contributed by atoms with Crippen LogP contribution in [0, 0.1) is 6.92 Å². The molecule has 9 heteroatoms. The zero-order chi connectivity index (χ0) is 26.2. The molecule has 2 N–H and O–H groups in total. The third-order valence-electron chi connectivity index (χ3n) is 6.56. The number of imide groups is 1. The highest BCUT2D eigenvalue weighted by atomic mass is 16.2. The van der Waals surface area contributed by atoms with E-state index in [4.69, 9.17) is 0 Å². The van der Waals surface area contributed by atoms with Crippen molar-refractivity contribution in [2.45, 2.75) is 32.2 Å². The van der Waals surface area contributed by atoms with Crippen LogP contribution in [0.25, 0.3) is 16.6 Å². The number of hydrazine groups is 1. The number of benzene rings is 3. The summed E-state index contributed by atoms with van der Waals surface area (Å²) in [5.74, 6) is -0.638. The van der Waals surface area contributed by atoms with Crippen molar-refractivity contribution >= 4 is 28.7 Å². The number of aromatic nitrogens is 2. The van der Waals surface area contributed by atoms with Crippen LogP contribution in [0.2, 0.25) is 0 Å². The van der Waals surface area contributed by atoms with Crippen LogP contribution in [0.15, 0.2) is 83.7 Å². The van der Waals surface area contributed by atoms with E-state index in [1.54, 1.807) is 44.2 Å². The van der Waals surface area contributed by atoms with E-state index < -0.39 is 23.4 Å². The molecule has 1 fully saturated rings. The summed E-state index contributed by atoms with van der Waals surface area (Å²) in [6.07, 6.45) is 0.978. The molecule has 2 heterocycles. The SMILES string of the molecule is Cc1nc2ccccc2c(=O)n1-c1ccc(C(=O)NN2C(=O)N[C@@](C)(CCc3ccccc3)C2=O)cc1. The molecule has 9 nitrogen and oxygen atoms in total. The summed E-state index contributed by atoms with van der Waals surface area (Å²) in [4.78, 5) is 56.0. The van der Waals surface area contributed by atoms with Crippen molar-refractivity contribution in [3.05, 3.63) is 106 Å². The summed E-state index contributed by atoms with van der Waals surface area (Å²) in [6.45, 7) is 3.38. The molecule has 5 rings (SSSR count). The normalized spacial score (nSPS) is 17.2. The number of urea groups is 1. The van der Waals surface area contributed by atoms with Crippen LogP contribution in [-0.4, -0.2) is 37.9 Å². The maximum Gasteiger partial charge on any atom is 0.344 e. The van der Waals surface area contributed by atoms with Gasteiger partial charge in [-0.25, -0.2) is 9.78 Å². The lowest BCUT2D eigenvalue weighted by atomic mass is 9.93. The van der Waals surface area contributed by atoms with Gasteiger partial charge in [-0.2, -0.15) is 5.01 Å². The molecule has 1 aromatic heterocycles. The number of hydrogen-bond acceptors (Lipinski definition) is 5. The second-order valence-corrected chi connectivity index (χ2v) is 9.19. The average molecular weight is 496 g/mol. The Labute approximate surface area is 212 Å². The molecule has 4 amide bonds. The Morgan fingerprint density at radius 3 is 2.35 bits per heavy atom. The minimum atomic E-state index is -1.13. The van der Waals surface area contributed by atoms with Gasteiger partial charge >= 0.3 is 6.03 Å². The van der Waals surface area contributed by atoms with Crippen LogP contribution in [0.5, 0.6) is 0 Å². The number of nitrogens with zero attached hydrogens (tertiary/aromatic N) is 3. The number of hydrogen-bond donors (Lipinski definition) is 2. The van der Waals surface area contributed by atoms with Crippen molar-refractivity contribution in [1.29, 1.82) is 0 Å². The molecule has 0 saturated carbocycles. The maximum atomic E-state index is 13.0. The molecule has 1 saturated heterocycles. The molecule has 3 aromatic carbocycles. The first-order chi connectivity index (χ1) is 17.8. The molecule has 37 heavy (non-hydrogen) atoms. The first-order valence-electron chi connectivity index (χ1n) is 11.9. The number of amides is 4. The number of nitrogens with one attached hydrogen (secondary N) is 2. The Bertz CT molecular complexity index is 1580. The summed E-state index contributed by atoms with van der Waals surface area (Å²) in [6, 6.07) is 22.4. The van der Waals surface area contributed by atoms with E-state index >= 15 is 0 Å². The van der Waals surface area contributed by atoms with Crippen LogP contribution >= 0.6 is 0 Å². The van der Waals surface area contributed by atoms with E-state index in [1.165, 1.54) is 16.7 Å². The fourth-order valence-corrected chi connectivity index (χ4v) is 4.47. The van der Waals surface area contributed by atoms with Gasteiger partial charge in [-0.05, 0) is 68.7 Å². The van der Waals surface area contributed by atoms with Gasteiger partial charge in [-0.3, -0.25) is 24.4 Å². The molecule has 186 valence electrons. The minimum Gasteiger partial charge on any atom is -0.322 e. The summed E-state index contributed by atoms with van der Waals surface area (Å²) >= 11 is 0. The number of aryl methyl sites for hydroxylation is 2. The van der Waals surface area contributed by atoms with Crippen molar-refractivity contribution in [3.8, 4) is 5.69 Å². The van der Waals surface area contributed by atoms with Gasteiger partial charge in [-0.1, -0.05) is 42.5 Å². The van der Waals surface area contributed by atoms with Gasteiger partial charge in [0.25, 0.3) is 17.4 Å². The monoisotopic (exact) mass is 495 g/mol. The lowest BCUT2D eigenvalue weighted by Gasteiger charge is -2.21. The van der Waals surface area contributed by atoms with Gasteiger partial charge in [0.1, 0.15) is 11.4 Å². The Morgan fingerprint density at radius 2 is 1.62 bits per heavy atom. The van der Waals surface area contributed by atoms with Crippen LogP contribution in [0.1, 0.15) is 35.1 Å². The van der Waals surface area contributed by atoms with E-state index in [0.29, 0.717) is 35.3 Å². The first-order valence-corrected chi connectivity index (χ1v) is 11.9. The highest BCUT2D eigenvalue weighted by molar-refractivity contribution is 6.09. The average Bonchev–Trinajstić information content (AvgIpc) is 3.11. The zero-order valence-electron chi connectivity index (χ0n) is 20.4. The Kier molecular flexibility index (Phi) is 6.04. The standard InChI is InChI=1S/C28H25N5O4/c1-18-29-23-11-7-6-10-22(23)25(35)32(18)21-14-12-20(13-15-21)24(34)31-33-26(36)28(2,30-27(33)37)17-16-19-8-4-3-5-9-19/h3-15H,16-17H2,1-2H3,(H,30,37)(H,31,34)/t28-/m0/s1. The number of carbonyl (C=O) groups excluding carboxylic acids is 3. The Hall–Kier alpha value is -4.79. The van der Waals surface area contributed by atoms with Crippen molar-refractivity contribution in [2.24, 2.45) is 0 Å². The van der Waals surface area contributed by atoms with Gasteiger partial charge in [0, 0.05) is 5.56 Å². The number of rotatable bonds is 6. The molecule has 1 atom stereocenters. The third kappa shape index (κ3) is 4.47. The second kappa shape index (κ2) is 9.34. The number of fused-ring (bicyclic) bond motifs is 1. The van der Waals surface area contributed by atoms with Gasteiger partial charge in [0.15, 0.2) is 0 Å². The van der Waals surface area contributed by atoms with E-state index in [1.807, 2.05) is 36.4 Å². The molecular formula is C28H25N5O4. The van der Waals surface area contributed by atoms with E-state index in [9.17, 15) is 19.2 Å². The van der Waals surface area contributed by atoms with Crippen molar-refractivity contribution in [3.63, 3.8) is 0 Å². The zero-order valence-corrected chi connectivity index (χ0v) is 20.4. The molecule has 0 bridgehead atoms. The van der Waals surface area contributed by atoms with Crippen LogP contribution < -0.4 is 16.3 Å². The summed E-state index contributed by atoms with van der Waals surface area (Å²) in [5.41, 5.74) is 3.48. The van der Waals surface area contributed by atoms with E-state index in [0.717, 1.165) is 10.6 Å². The molecule has 0 spiro atoms. The topological polar surface area (TPSA) is 113 Å². The molecule has 0 aliphatic carbocycles. The maximum absolute atomic E-state index is 13.0. The molecule has 0 unspecified atom stereocenters. The predicted octanol–water partition coefficient (Wildman–Crippen LogP) is 3.28. The van der Waals surface area contributed by atoms with Crippen LogP contribution in [0.4, 0.5) is 4.79 Å².